The number of aryl methyl sites for hydroxylation is 3. The van der Waals surface area contributed by atoms with Gasteiger partial charge < -0.3 is 14.3 Å². The van der Waals surface area contributed by atoms with Crippen LogP contribution in [0, 0.1) is 20.8 Å². The lowest BCUT2D eigenvalue weighted by Crippen LogP contribution is -2.23. The van der Waals surface area contributed by atoms with E-state index in [0.717, 1.165) is 34.0 Å². The Hall–Kier alpha value is -2.54. The first-order valence-electron chi connectivity index (χ1n) is 8.35. The quantitative estimate of drug-likeness (QED) is 0.684. The van der Waals surface area contributed by atoms with Crippen molar-refractivity contribution in [1.82, 2.24) is 14.8 Å². The van der Waals surface area contributed by atoms with Crippen LogP contribution < -0.4 is 5.32 Å². The second-order valence-electron chi connectivity index (χ2n) is 6.32. The largest absolute Gasteiger partial charge is 0.469 e. The first-order valence-corrected chi connectivity index (χ1v) is 9.23. The average molecular weight is 370 g/mol. The first-order chi connectivity index (χ1) is 12.4. The fourth-order valence-corrected chi connectivity index (χ4v) is 3.40. The molecule has 1 aromatic carbocycles. The van der Waals surface area contributed by atoms with Gasteiger partial charge in [0.25, 0.3) is 0 Å². The van der Waals surface area contributed by atoms with Crippen LogP contribution in [0.4, 0.5) is 5.69 Å². The lowest BCUT2D eigenvalue weighted by molar-refractivity contribution is -0.115. The van der Waals surface area contributed by atoms with E-state index in [0.29, 0.717) is 5.16 Å². The molecule has 0 spiro atoms. The Bertz CT molecular complexity index is 945. The minimum atomic E-state index is -0.309. The monoisotopic (exact) mass is 370 g/mol. The SMILES string of the molecule is Cc1ccc(C)c(NC(=O)[C@H](C)Sc2nnc(-c3ccoc3C)n2C)c1. The smallest absolute Gasteiger partial charge is 0.237 e. The maximum atomic E-state index is 12.6. The van der Waals surface area contributed by atoms with Gasteiger partial charge in [-0.25, -0.2) is 0 Å². The summed E-state index contributed by atoms with van der Waals surface area (Å²) in [5.74, 6) is 1.45. The summed E-state index contributed by atoms with van der Waals surface area (Å²) in [5, 5.41) is 11.8. The van der Waals surface area contributed by atoms with E-state index in [2.05, 4.69) is 15.5 Å². The number of amides is 1. The van der Waals surface area contributed by atoms with Crippen LogP contribution in [0.2, 0.25) is 0 Å². The van der Waals surface area contributed by atoms with Crippen molar-refractivity contribution in [3.63, 3.8) is 0 Å². The number of nitrogens with zero attached hydrogens (tertiary/aromatic N) is 3. The fraction of sp³-hybridized carbons (Fsp3) is 0.316. The van der Waals surface area contributed by atoms with Gasteiger partial charge in [-0.3, -0.25) is 4.79 Å². The van der Waals surface area contributed by atoms with E-state index in [9.17, 15) is 4.79 Å². The van der Waals surface area contributed by atoms with Crippen LogP contribution in [-0.2, 0) is 11.8 Å². The Morgan fingerprint density at radius 2 is 2.00 bits per heavy atom. The summed E-state index contributed by atoms with van der Waals surface area (Å²) in [4.78, 5) is 12.6. The van der Waals surface area contributed by atoms with E-state index < -0.39 is 0 Å². The fourth-order valence-electron chi connectivity index (χ4n) is 2.59. The van der Waals surface area contributed by atoms with Crippen LogP contribution >= 0.6 is 11.8 Å². The third-order valence-electron chi connectivity index (χ3n) is 4.24. The van der Waals surface area contributed by atoms with Gasteiger partial charge >= 0.3 is 0 Å². The summed E-state index contributed by atoms with van der Waals surface area (Å²) in [5.41, 5.74) is 3.90. The molecular formula is C19H22N4O2S. The average Bonchev–Trinajstić information content (AvgIpc) is 3.17. The van der Waals surface area contributed by atoms with Crippen molar-refractivity contribution in [2.45, 2.75) is 38.1 Å². The highest BCUT2D eigenvalue weighted by Crippen LogP contribution is 2.28. The minimum Gasteiger partial charge on any atom is -0.469 e. The van der Waals surface area contributed by atoms with Gasteiger partial charge in [0.2, 0.25) is 5.91 Å². The van der Waals surface area contributed by atoms with Gasteiger partial charge in [0.15, 0.2) is 11.0 Å². The highest BCUT2D eigenvalue weighted by molar-refractivity contribution is 8.00. The van der Waals surface area contributed by atoms with Crippen LogP contribution in [0.15, 0.2) is 40.1 Å². The molecule has 0 bridgehead atoms. The van der Waals surface area contributed by atoms with Crippen LogP contribution in [0.5, 0.6) is 0 Å². The molecule has 6 nitrogen and oxygen atoms in total. The van der Waals surface area contributed by atoms with Crippen molar-refractivity contribution in [2.24, 2.45) is 7.05 Å². The Labute approximate surface area is 157 Å². The van der Waals surface area contributed by atoms with Crippen molar-refractivity contribution in [3.05, 3.63) is 47.4 Å². The number of carbonyl (C=O) groups is 1. The summed E-state index contributed by atoms with van der Waals surface area (Å²) >= 11 is 1.38. The van der Waals surface area contributed by atoms with Gasteiger partial charge in [-0.05, 0) is 51.0 Å². The lowest BCUT2D eigenvalue weighted by atomic mass is 10.1. The number of furan rings is 1. The molecule has 26 heavy (non-hydrogen) atoms. The van der Waals surface area contributed by atoms with Crippen LogP contribution in [0.1, 0.15) is 23.8 Å². The van der Waals surface area contributed by atoms with E-state index >= 15 is 0 Å². The Balaban J connectivity index is 1.73. The molecule has 0 aliphatic heterocycles. The topological polar surface area (TPSA) is 73.0 Å². The van der Waals surface area contributed by atoms with Crippen LogP contribution in [-0.4, -0.2) is 25.9 Å². The molecule has 0 saturated heterocycles. The third kappa shape index (κ3) is 3.67. The second-order valence-corrected chi connectivity index (χ2v) is 7.63. The van der Waals surface area contributed by atoms with Gasteiger partial charge in [0.05, 0.1) is 17.1 Å². The van der Waals surface area contributed by atoms with E-state index in [-0.39, 0.29) is 11.2 Å². The second kappa shape index (κ2) is 7.37. The number of rotatable bonds is 5. The molecule has 1 N–H and O–H groups in total. The van der Waals surface area contributed by atoms with Crippen molar-refractivity contribution < 1.29 is 9.21 Å². The molecule has 7 heteroatoms. The molecule has 3 aromatic rings. The maximum Gasteiger partial charge on any atom is 0.237 e. The molecule has 0 aliphatic rings. The van der Waals surface area contributed by atoms with Gasteiger partial charge in [-0.15, -0.1) is 10.2 Å². The summed E-state index contributed by atoms with van der Waals surface area (Å²) in [6.07, 6.45) is 1.63. The summed E-state index contributed by atoms with van der Waals surface area (Å²) in [6, 6.07) is 7.88. The zero-order valence-electron chi connectivity index (χ0n) is 15.5. The first kappa shape index (κ1) is 18.3. The van der Waals surface area contributed by atoms with E-state index in [4.69, 9.17) is 4.42 Å². The Kier molecular flexibility index (Phi) is 5.18. The number of benzene rings is 1. The molecule has 2 heterocycles. The molecule has 0 unspecified atom stereocenters. The molecular weight excluding hydrogens is 348 g/mol. The lowest BCUT2D eigenvalue weighted by Gasteiger charge is -2.13. The molecule has 0 radical (unpaired) electrons. The zero-order valence-corrected chi connectivity index (χ0v) is 16.3. The predicted octanol–water partition coefficient (Wildman–Crippen LogP) is 4.12. The molecule has 0 aliphatic carbocycles. The standard InChI is InChI=1S/C19H22N4O2S/c1-11-6-7-12(2)16(10-11)20-18(24)14(4)26-19-22-21-17(23(19)5)15-8-9-25-13(15)3/h6-10,14H,1-5H3,(H,20,24)/t14-/m0/s1. The number of thioether (sulfide) groups is 1. The summed E-state index contributed by atoms with van der Waals surface area (Å²) < 4.78 is 7.22. The number of anilines is 1. The highest BCUT2D eigenvalue weighted by Gasteiger charge is 2.21. The zero-order chi connectivity index (χ0) is 18.8. The van der Waals surface area contributed by atoms with Gasteiger partial charge in [-0.1, -0.05) is 23.9 Å². The highest BCUT2D eigenvalue weighted by atomic mass is 32.2. The van der Waals surface area contributed by atoms with E-state index in [1.165, 1.54) is 11.8 Å². The van der Waals surface area contributed by atoms with Crippen LogP contribution in [0.3, 0.4) is 0 Å². The van der Waals surface area contributed by atoms with Crippen molar-refractivity contribution in [1.29, 1.82) is 0 Å². The number of aromatic nitrogens is 3. The molecule has 3 rings (SSSR count). The Morgan fingerprint density at radius 1 is 1.23 bits per heavy atom. The summed E-state index contributed by atoms with van der Waals surface area (Å²) in [7, 11) is 1.89. The Morgan fingerprint density at radius 3 is 2.69 bits per heavy atom. The molecule has 1 atom stereocenters. The number of carbonyl (C=O) groups excluding carboxylic acids is 1. The minimum absolute atomic E-state index is 0.0623. The number of hydrogen-bond donors (Lipinski definition) is 1. The van der Waals surface area contributed by atoms with Gasteiger partial charge in [0.1, 0.15) is 5.76 Å². The molecule has 136 valence electrons. The normalized spacial score (nSPS) is 12.2. The van der Waals surface area contributed by atoms with Crippen molar-refractivity contribution >= 4 is 23.4 Å². The molecule has 0 saturated carbocycles. The van der Waals surface area contributed by atoms with Crippen LogP contribution in [0.25, 0.3) is 11.4 Å². The van der Waals surface area contributed by atoms with Gasteiger partial charge in [0, 0.05) is 12.7 Å². The molecule has 1 amide bonds. The van der Waals surface area contributed by atoms with E-state index in [1.54, 1.807) is 6.26 Å². The number of hydrogen-bond acceptors (Lipinski definition) is 5. The van der Waals surface area contributed by atoms with Crippen molar-refractivity contribution in [2.75, 3.05) is 5.32 Å². The summed E-state index contributed by atoms with van der Waals surface area (Å²) in [6.45, 7) is 7.74. The third-order valence-corrected chi connectivity index (χ3v) is 5.37. The van der Waals surface area contributed by atoms with E-state index in [1.807, 2.05) is 63.6 Å². The van der Waals surface area contributed by atoms with Gasteiger partial charge in [-0.2, -0.15) is 0 Å². The van der Waals surface area contributed by atoms with Crippen molar-refractivity contribution in [3.8, 4) is 11.4 Å². The molecule has 0 fully saturated rings. The predicted molar refractivity (Wildman–Crippen MR) is 103 cm³/mol. The molecule has 2 aromatic heterocycles. The maximum absolute atomic E-state index is 12.6. The number of nitrogens with one attached hydrogen (secondary N) is 1.